The third-order valence-electron chi connectivity index (χ3n) is 11.0. The molecule has 5 rings (SSSR count). The number of ketones is 2. The maximum absolute atomic E-state index is 14.0. The SMILES string of the molecule is CCCCCCN(CCCCCC)c1ccc2c3c(c(=O)oc2c1)C(=O)C(/C=C/C1=[N+](CCCCCC(=O)O)c2ccc(S(=O)(=O)O)cc2C1(C)C)C(=O)C3. The standard InChI is InChI=1S/C43H54N2O9S/c1-5-7-9-13-23-44(24-14-10-8-6-2)29-17-19-31-33-28-36(46)32(41(49)40(33)42(50)54-37(31)26-29)20-22-38-43(3,4)34-27-30(55(51,52)53)18-21-35(34)45(38)25-15-11-12-16-39(47)48/h17-22,26-27,32H,5-16,23-25,28H2,1-4H3,(H-,47,48,51,52,53)/p+1/b22-20+. The summed E-state index contributed by atoms with van der Waals surface area (Å²) < 4.78 is 41.7. The van der Waals surface area contributed by atoms with Crippen molar-refractivity contribution in [3.05, 3.63) is 75.7 Å². The Kier molecular flexibility index (Phi) is 13.7. The van der Waals surface area contributed by atoms with Crippen molar-refractivity contribution in [2.24, 2.45) is 5.92 Å². The van der Waals surface area contributed by atoms with Crippen LogP contribution in [0.4, 0.5) is 11.4 Å². The van der Waals surface area contributed by atoms with E-state index in [4.69, 9.17) is 9.52 Å². The van der Waals surface area contributed by atoms with Gasteiger partial charge in [-0.25, -0.2) is 4.79 Å². The van der Waals surface area contributed by atoms with Gasteiger partial charge in [0.1, 0.15) is 23.6 Å². The second-order valence-corrected chi connectivity index (χ2v) is 16.8. The first kappa shape index (κ1) is 41.7. The van der Waals surface area contributed by atoms with Crippen molar-refractivity contribution in [1.82, 2.24) is 0 Å². The zero-order valence-corrected chi connectivity index (χ0v) is 33.4. The Labute approximate surface area is 323 Å². The number of hydrogen-bond donors (Lipinski definition) is 2. The number of carboxylic acids is 1. The van der Waals surface area contributed by atoms with Crippen molar-refractivity contribution in [1.29, 1.82) is 0 Å². The molecule has 0 radical (unpaired) electrons. The van der Waals surface area contributed by atoms with Gasteiger partial charge in [-0.1, -0.05) is 58.4 Å². The molecule has 0 saturated carbocycles. The van der Waals surface area contributed by atoms with E-state index in [-0.39, 0.29) is 29.1 Å². The summed E-state index contributed by atoms with van der Waals surface area (Å²) in [5.41, 5.74) is 2.02. The number of carboxylic acid groups (broad SMARTS) is 1. The second-order valence-electron chi connectivity index (χ2n) is 15.4. The quantitative estimate of drug-likeness (QED) is 0.0376. The molecule has 1 aliphatic heterocycles. The highest BCUT2D eigenvalue weighted by molar-refractivity contribution is 7.85. The highest BCUT2D eigenvalue weighted by Crippen LogP contribution is 2.42. The normalized spacial score (nSPS) is 16.6. The zero-order valence-electron chi connectivity index (χ0n) is 32.6. The summed E-state index contributed by atoms with van der Waals surface area (Å²) in [6.07, 6.45) is 14.0. The number of allylic oxidation sites excluding steroid dienone is 2. The van der Waals surface area contributed by atoms with Gasteiger partial charge < -0.3 is 14.4 Å². The lowest BCUT2D eigenvalue weighted by Gasteiger charge is -2.26. The molecule has 1 aliphatic carbocycles. The number of carbonyl (C=O) groups excluding carboxylic acids is 2. The first-order chi connectivity index (χ1) is 26.2. The number of hydrogen-bond acceptors (Lipinski definition) is 8. The average molecular weight is 776 g/mol. The lowest BCUT2D eigenvalue weighted by molar-refractivity contribution is -0.438. The van der Waals surface area contributed by atoms with E-state index in [9.17, 15) is 32.1 Å². The van der Waals surface area contributed by atoms with Crippen molar-refractivity contribution in [3.63, 3.8) is 0 Å². The molecule has 2 aliphatic rings. The van der Waals surface area contributed by atoms with Crippen LogP contribution in [0.25, 0.3) is 11.0 Å². The number of nitrogens with zero attached hydrogens (tertiary/aromatic N) is 2. The molecular weight excluding hydrogens is 721 g/mol. The van der Waals surface area contributed by atoms with Crippen LogP contribution < -0.4 is 10.5 Å². The second kappa shape index (κ2) is 18.0. The molecular formula is C43H55N2O9S+. The fourth-order valence-corrected chi connectivity index (χ4v) is 8.47. The third kappa shape index (κ3) is 9.52. The monoisotopic (exact) mass is 775 g/mol. The van der Waals surface area contributed by atoms with Gasteiger partial charge in [-0.2, -0.15) is 13.0 Å². The summed E-state index contributed by atoms with van der Waals surface area (Å²) in [5.74, 6) is -3.07. The van der Waals surface area contributed by atoms with E-state index in [0.29, 0.717) is 59.3 Å². The molecule has 11 nitrogen and oxygen atoms in total. The van der Waals surface area contributed by atoms with Crippen LogP contribution in [0.15, 0.2) is 62.7 Å². The van der Waals surface area contributed by atoms with E-state index in [1.54, 1.807) is 12.1 Å². The lowest BCUT2D eigenvalue weighted by Crippen LogP contribution is -2.35. The molecule has 0 saturated heterocycles. The van der Waals surface area contributed by atoms with Crippen LogP contribution in [-0.4, -0.2) is 65.5 Å². The van der Waals surface area contributed by atoms with Crippen molar-refractivity contribution < 1.29 is 41.5 Å². The summed E-state index contributed by atoms with van der Waals surface area (Å²) in [4.78, 5) is 54.5. The predicted octanol–water partition coefficient (Wildman–Crippen LogP) is 8.21. The molecule has 12 heteroatoms. The van der Waals surface area contributed by atoms with E-state index >= 15 is 0 Å². The molecule has 3 aromatic rings. The molecule has 296 valence electrons. The zero-order chi connectivity index (χ0) is 39.9. The van der Waals surface area contributed by atoms with Crippen LogP contribution in [0.5, 0.6) is 0 Å². The Morgan fingerprint density at radius 2 is 1.60 bits per heavy atom. The number of carbonyl (C=O) groups is 3. The third-order valence-corrected chi connectivity index (χ3v) is 11.9. The van der Waals surface area contributed by atoms with Crippen LogP contribution in [0.2, 0.25) is 0 Å². The van der Waals surface area contributed by atoms with E-state index in [1.165, 1.54) is 31.1 Å². The molecule has 0 spiro atoms. The minimum Gasteiger partial charge on any atom is -0.481 e. The number of rotatable bonds is 20. The maximum Gasteiger partial charge on any atom is 0.347 e. The van der Waals surface area contributed by atoms with E-state index in [1.807, 2.05) is 36.6 Å². The van der Waals surface area contributed by atoms with Crippen LogP contribution in [0.3, 0.4) is 0 Å². The topological polar surface area (TPSA) is 162 Å². The number of benzene rings is 2. The summed E-state index contributed by atoms with van der Waals surface area (Å²) >= 11 is 0. The Bertz CT molecular complexity index is 2150. The van der Waals surface area contributed by atoms with Crippen LogP contribution in [0.1, 0.15) is 126 Å². The number of aliphatic carboxylic acids is 1. The van der Waals surface area contributed by atoms with Crippen molar-refractivity contribution in [2.75, 3.05) is 24.5 Å². The molecule has 0 fully saturated rings. The Hall–Kier alpha value is -4.42. The van der Waals surface area contributed by atoms with Gasteiger partial charge in [0.25, 0.3) is 10.1 Å². The Morgan fingerprint density at radius 3 is 2.24 bits per heavy atom. The first-order valence-corrected chi connectivity index (χ1v) is 21.2. The molecule has 0 amide bonds. The van der Waals surface area contributed by atoms with Gasteiger partial charge >= 0.3 is 11.6 Å². The average Bonchev–Trinajstić information content (AvgIpc) is 3.34. The number of fused-ring (bicyclic) bond motifs is 4. The van der Waals surface area contributed by atoms with Gasteiger partial charge in [-0.15, -0.1) is 0 Å². The molecule has 1 unspecified atom stereocenters. The first-order valence-electron chi connectivity index (χ1n) is 19.8. The Morgan fingerprint density at radius 1 is 0.927 bits per heavy atom. The van der Waals surface area contributed by atoms with Gasteiger partial charge in [0.2, 0.25) is 5.69 Å². The van der Waals surface area contributed by atoms with Crippen LogP contribution in [-0.2, 0) is 31.5 Å². The summed E-state index contributed by atoms with van der Waals surface area (Å²) in [6.45, 7) is 10.4. The minimum absolute atomic E-state index is 0.0464. The van der Waals surface area contributed by atoms with Crippen LogP contribution >= 0.6 is 0 Å². The molecule has 2 N–H and O–H groups in total. The molecule has 1 aromatic heterocycles. The van der Waals surface area contributed by atoms with Crippen molar-refractivity contribution in [3.8, 4) is 0 Å². The van der Waals surface area contributed by atoms with E-state index in [0.717, 1.165) is 57.3 Å². The maximum atomic E-state index is 14.0. The fraction of sp³-hybridized carbons (Fsp3) is 0.512. The van der Waals surface area contributed by atoms with Crippen LogP contribution in [0, 0.1) is 5.92 Å². The minimum atomic E-state index is -4.48. The largest absolute Gasteiger partial charge is 0.481 e. The van der Waals surface area contributed by atoms with E-state index in [2.05, 4.69) is 18.7 Å². The van der Waals surface area contributed by atoms with Gasteiger partial charge in [0.05, 0.1) is 10.3 Å². The number of unbranched alkanes of at least 4 members (excludes halogenated alkanes) is 8. The smallest absolute Gasteiger partial charge is 0.347 e. The molecule has 0 bridgehead atoms. The molecule has 1 atom stereocenters. The lowest BCUT2D eigenvalue weighted by atomic mass is 9.78. The summed E-state index contributed by atoms with van der Waals surface area (Å²) in [6, 6.07) is 10.1. The van der Waals surface area contributed by atoms with Gasteiger partial charge in [0, 0.05) is 67.2 Å². The molecule has 2 aromatic carbocycles. The highest BCUT2D eigenvalue weighted by atomic mass is 32.2. The molecule has 2 heterocycles. The van der Waals surface area contributed by atoms with Gasteiger partial charge in [0.15, 0.2) is 17.3 Å². The van der Waals surface area contributed by atoms with Gasteiger partial charge in [-0.05, 0) is 69.4 Å². The van der Waals surface area contributed by atoms with Crippen molar-refractivity contribution >= 4 is 55.7 Å². The van der Waals surface area contributed by atoms with Crippen molar-refractivity contribution in [2.45, 2.75) is 121 Å². The molecule has 55 heavy (non-hydrogen) atoms. The highest BCUT2D eigenvalue weighted by Gasteiger charge is 2.45. The van der Waals surface area contributed by atoms with E-state index < -0.39 is 38.8 Å². The fourth-order valence-electron chi connectivity index (χ4n) is 7.96. The number of Topliss-reactive ketones (excluding diaryl/α,β-unsaturated/α-hetero) is 2. The summed E-state index contributed by atoms with van der Waals surface area (Å²) in [7, 11) is -4.48. The number of anilines is 1. The Balaban J connectivity index is 1.45. The predicted molar refractivity (Wildman–Crippen MR) is 214 cm³/mol. The summed E-state index contributed by atoms with van der Waals surface area (Å²) in [5, 5.41) is 9.63. The van der Waals surface area contributed by atoms with Gasteiger partial charge in [-0.3, -0.25) is 18.9 Å².